The number of azo groups is 1. The highest BCUT2D eigenvalue weighted by molar-refractivity contribution is 5.99. The van der Waals surface area contributed by atoms with Crippen molar-refractivity contribution in [3.63, 3.8) is 0 Å². The Bertz CT molecular complexity index is 1270. The molecule has 0 saturated heterocycles. The van der Waals surface area contributed by atoms with Gasteiger partial charge in [0.25, 0.3) is 0 Å². The van der Waals surface area contributed by atoms with Crippen molar-refractivity contribution >= 4 is 28.3 Å². The van der Waals surface area contributed by atoms with E-state index in [0.29, 0.717) is 22.9 Å². The average Bonchev–Trinajstić information content (AvgIpc) is 3.12. The standard InChI is InChI=1S/C23H17N5O2/c24-13-15-5-7-16(8-6-15)17-9-11-18(12-10-17)30-14-21(29)27-28-23-20-4-2-1-3-19(20)22(25)26-23/h1-12,26H,14,25H2. The van der Waals surface area contributed by atoms with Crippen molar-refractivity contribution in [1.82, 2.24) is 4.98 Å². The summed E-state index contributed by atoms with van der Waals surface area (Å²) in [5.41, 5.74) is 8.49. The van der Waals surface area contributed by atoms with E-state index in [2.05, 4.69) is 21.3 Å². The van der Waals surface area contributed by atoms with Crippen LogP contribution in [-0.2, 0) is 4.79 Å². The molecule has 0 spiro atoms. The molecule has 0 saturated carbocycles. The van der Waals surface area contributed by atoms with Gasteiger partial charge in [0.15, 0.2) is 12.4 Å². The van der Waals surface area contributed by atoms with Gasteiger partial charge < -0.3 is 15.5 Å². The maximum absolute atomic E-state index is 12.0. The largest absolute Gasteiger partial charge is 0.484 e. The molecule has 0 unspecified atom stereocenters. The summed E-state index contributed by atoms with van der Waals surface area (Å²) in [6, 6.07) is 24.2. The summed E-state index contributed by atoms with van der Waals surface area (Å²) in [7, 11) is 0. The number of aromatic nitrogens is 1. The highest BCUT2D eigenvalue weighted by Crippen LogP contribution is 2.30. The van der Waals surface area contributed by atoms with Gasteiger partial charge in [0.1, 0.15) is 11.6 Å². The Kier molecular flexibility index (Phi) is 5.22. The first-order valence-electron chi connectivity index (χ1n) is 9.18. The van der Waals surface area contributed by atoms with Crippen molar-refractivity contribution in [3.8, 4) is 22.9 Å². The highest BCUT2D eigenvalue weighted by atomic mass is 16.5. The minimum Gasteiger partial charge on any atom is -0.484 e. The first-order valence-corrected chi connectivity index (χ1v) is 9.18. The minimum absolute atomic E-state index is 0.228. The molecule has 4 aromatic rings. The van der Waals surface area contributed by atoms with E-state index in [-0.39, 0.29) is 6.61 Å². The third kappa shape index (κ3) is 4.03. The zero-order chi connectivity index (χ0) is 20.9. The number of amides is 1. The van der Waals surface area contributed by atoms with Gasteiger partial charge in [0.05, 0.1) is 11.6 Å². The Morgan fingerprint density at radius 2 is 1.60 bits per heavy atom. The zero-order valence-corrected chi connectivity index (χ0v) is 15.9. The van der Waals surface area contributed by atoms with Gasteiger partial charge in [-0.25, -0.2) is 0 Å². The number of carbonyl (C=O) groups is 1. The van der Waals surface area contributed by atoms with Crippen molar-refractivity contribution in [1.29, 1.82) is 5.26 Å². The van der Waals surface area contributed by atoms with Crippen LogP contribution in [0.3, 0.4) is 0 Å². The maximum atomic E-state index is 12.0. The topological polar surface area (TPSA) is 117 Å². The Hall–Kier alpha value is -4.44. The molecule has 1 amide bonds. The molecule has 7 heteroatoms. The van der Waals surface area contributed by atoms with Crippen LogP contribution < -0.4 is 10.5 Å². The summed E-state index contributed by atoms with van der Waals surface area (Å²) in [5.74, 6) is 0.947. The number of nitrogens with two attached hydrogens (primary N) is 1. The number of hydrogen-bond acceptors (Lipinski definition) is 5. The van der Waals surface area contributed by atoms with Gasteiger partial charge in [-0.1, -0.05) is 48.5 Å². The van der Waals surface area contributed by atoms with Crippen LogP contribution >= 0.6 is 0 Å². The predicted molar refractivity (Wildman–Crippen MR) is 114 cm³/mol. The summed E-state index contributed by atoms with van der Waals surface area (Å²) < 4.78 is 5.50. The molecule has 3 aromatic carbocycles. The third-order valence-electron chi connectivity index (χ3n) is 4.55. The summed E-state index contributed by atoms with van der Waals surface area (Å²) in [4.78, 5) is 14.9. The number of benzene rings is 3. The second-order valence-corrected chi connectivity index (χ2v) is 6.53. The molecule has 146 valence electrons. The number of nitrogens with zero attached hydrogens (tertiary/aromatic N) is 3. The van der Waals surface area contributed by atoms with Crippen LogP contribution in [0.15, 0.2) is 83.0 Å². The number of carbonyl (C=O) groups excluding carboxylic acids is 1. The molecule has 0 aliphatic carbocycles. The van der Waals surface area contributed by atoms with Crippen molar-refractivity contribution < 1.29 is 9.53 Å². The van der Waals surface area contributed by atoms with Gasteiger partial charge in [-0.3, -0.25) is 4.79 Å². The molecular formula is C23H17N5O2. The first kappa shape index (κ1) is 18.9. The number of nitrogens with one attached hydrogen (secondary N) is 1. The SMILES string of the molecule is N#Cc1ccc(-c2ccc(OCC(=O)N=Nc3[nH]c(N)c4ccccc34)cc2)cc1. The predicted octanol–water partition coefficient (Wildman–Crippen LogP) is 4.98. The van der Waals surface area contributed by atoms with Crippen LogP contribution in [0.25, 0.3) is 21.9 Å². The molecule has 30 heavy (non-hydrogen) atoms. The number of ether oxygens (including phenoxy) is 1. The van der Waals surface area contributed by atoms with Crippen molar-refractivity contribution in [2.24, 2.45) is 10.2 Å². The zero-order valence-electron chi connectivity index (χ0n) is 15.9. The monoisotopic (exact) mass is 395 g/mol. The second-order valence-electron chi connectivity index (χ2n) is 6.53. The van der Waals surface area contributed by atoms with E-state index in [1.54, 1.807) is 24.3 Å². The normalized spacial score (nSPS) is 10.9. The van der Waals surface area contributed by atoms with Crippen LogP contribution in [0.4, 0.5) is 11.6 Å². The molecule has 0 atom stereocenters. The van der Waals surface area contributed by atoms with Gasteiger partial charge in [0, 0.05) is 10.8 Å². The summed E-state index contributed by atoms with van der Waals surface area (Å²) in [6.07, 6.45) is 0. The van der Waals surface area contributed by atoms with Gasteiger partial charge >= 0.3 is 5.91 Å². The number of nitrogen functional groups attached to an aromatic ring is 1. The molecular weight excluding hydrogens is 378 g/mol. The van der Waals surface area contributed by atoms with Gasteiger partial charge in [0.2, 0.25) is 0 Å². The fraction of sp³-hybridized carbons (Fsp3) is 0.0435. The van der Waals surface area contributed by atoms with Crippen LogP contribution in [-0.4, -0.2) is 17.5 Å². The van der Waals surface area contributed by atoms with E-state index in [1.165, 1.54) is 0 Å². The van der Waals surface area contributed by atoms with Crippen LogP contribution in [0.1, 0.15) is 5.56 Å². The number of hydrogen-bond donors (Lipinski definition) is 2. The molecule has 0 radical (unpaired) electrons. The van der Waals surface area contributed by atoms with Crippen molar-refractivity contribution in [2.45, 2.75) is 0 Å². The Balaban J connectivity index is 1.37. The molecule has 1 heterocycles. The maximum Gasteiger partial charge on any atom is 0.302 e. The Morgan fingerprint density at radius 1 is 0.967 bits per heavy atom. The minimum atomic E-state index is -0.511. The summed E-state index contributed by atoms with van der Waals surface area (Å²) >= 11 is 0. The van der Waals surface area contributed by atoms with Gasteiger partial charge in [-0.05, 0) is 35.4 Å². The van der Waals surface area contributed by atoms with Crippen LogP contribution in [0, 0.1) is 11.3 Å². The van der Waals surface area contributed by atoms with E-state index in [4.69, 9.17) is 15.7 Å². The van der Waals surface area contributed by atoms with Gasteiger partial charge in [-0.2, -0.15) is 5.26 Å². The Morgan fingerprint density at radius 3 is 2.27 bits per heavy atom. The molecule has 0 aliphatic rings. The number of aromatic amines is 1. The fourth-order valence-corrected chi connectivity index (χ4v) is 3.03. The lowest BCUT2D eigenvalue weighted by molar-refractivity contribution is -0.120. The number of nitriles is 1. The lowest BCUT2D eigenvalue weighted by atomic mass is 10.0. The number of fused-ring (bicyclic) bond motifs is 1. The van der Waals surface area contributed by atoms with Crippen LogP contribution in [0.2, 0.25) is 0 Å². The molecule has 0 aliphatic heterocycles. The average molecular weight is 395 g/mol. The lowest BCUT2D eigenvalue weighted by Gasteiger charge is -2.05. The molecule has 3 N–H and O–H groups in total. The molecule has 0 fully saturated rings. The van der Waals surface area contributed by atoms with Crippen molar-refractivity contribution in [3.05, 3.63) is 78.4 Å². The number of H-pyrrole nitrogens is 1. The lowest BCUT2D eigenvalue weighted by Crippen LogP contribution is -2.07. The van der Waals surface area contributed by atoms with E-state index >= 15 is 0 Å². The molecule has 1 aromatic heterocycles. The molecule has 7 nitrogen and oxygen atoms in total. The van der Waals surface area contributed by atoms with E-state index in [0.717, 1.165) is 21.9 Å². The van der Waals surface area contributed by atoms with E-state index in [9.17, 15) is 4.79 Å². The quantitative estimate of drug-likeness (QED) is 0.464. The summed E-state index contributed by atoms with van der Waals surface area (Å²) in [5, 5.41) is 18.2. The van der Waals surface area contributed by atoms with Gasteiger partial charge in [-0.15, -0.1) is 10.2 Å². The fourth-order valence-electron chi connectivity index (χ4n) is 3.03. The molecule has 0 bridgehead atoms. The van der Waals surface area contributed by atoms with E-state index < -0.39 is 5.91 Å². The summed E-state index contributed by atoms with van der Waals surface area (Å²) in [6.45, 7) is -0.228. The second kappa shape index (κ2) is 8.29. The first-order chi connectivity index (χ1) is 14.6. The number of rotatable bonds is 5. The van der Waals surface area contributed by atoms with Crippen molar-refractivity contribution in [2.75, 3.05) is 12.3 Å². The molecule has 4 rings (SSSR count). The number of anilines is 1. The third-order valence-corrected chi connectivity index (χ3v) is 4.55. The highest BCUT2D eigenvalue weighted by Gasteiger charge is 2.08. The Labute approximate surface area is 172 Å². The van der Waals surface area contributed by atoms with Crippen LogP contribution in [0.5, 0.6) is 5.75 Å². The van der Waals surface area contributed by atoms with E-state index in [1.807, 2.05) is 48.5 Å². The smallest absolute Gasteiger partial charge is 0.302 e.